The van der Waals surface area contributed by atoms with Crippen molar-refractivity contribution in [3.05, 3.63) is 10.4 Å². The SMILES string of the molecule is C[Si](Cl)(Cl)CCCN=[N+]=[N-]. The molecule has 0 fully saturated rings. The molecule has 0 radical (unpaired) electrons. The highest BCUT2D eigenvalue weighted by Gasteiger charge is 2.19. The molecule has 0 rings (SSSR count). The summed E-state index contributed by atoms with van der Waals surface area (Å²) in [6.45, 7) is 0.406. The average molecular weight is 198 g/mol. The fourth-order valence-electron chi connectivity index (χ4n) is 0.505. The van der Waals surface area contributed by atoms with Crippen molar-refractivity contribution in [2.75, 3.05) is 6.54 Å². The summed E-state index contributed by atoms with van der Waals surface area (Å²) >= 11 is 11.6. The fourth-order valence-corrected chi connectivity index (χ4v) is 2.09. The Hall–Kier alpha value is 0.107. The molecular formula is C4H9Cl2N3Si. The largest absolute Gasteiger partial charge is 0.248 e. The molecule has 0 atom stereocenters. The summed E-state index contributed by atoms with van der Waals surface area (Å²) in [6, 6.07) is 0.787. The van der Waals surface area contributed by atoms with Gasteiger partial charge in [0.2, 0.25) is 6.69 Å². The molecule has 6 heteroatoms. The molecule has 10 heavy (non-hydrogen) atoms. The second kappa shape index (κ2) is 4.85. The van der Waals surface area contributed by atoms with Crippen LogP contribution in [0.25, 0.3) is 10.4 Å². The molecule has 0 N–H and O–H groups in total. The van der Waals surface area contributed by atoms with Crippen LogP contribution in [0.1, 0.15) is 6.42 Å². The summed E-state index contributed by atoms with van der Waals surface area (Å²) in [6.07, 6.45) is 0.791. The van der Waals surface area contributed by atoms with Crippen LogP contribution >= 0.6 is 22.2 Å². The molecule has 0 aliphatic rings. The molecule has 0 saturated heterocycles. The van der Waals surface area contributed by atoms with Crippen molar-refractivity contribution in [2.45, 2.75) is 19.0 Å². The number of azide groups is 1. The van der Waals surface area contributed by atoms with Gasteiger partial charge in [0.05, 0.1) is 0 Å². The zero-order valence-corrected chi connectivity index (χ0v) is 8.23. The molecule has 58 valence electrons. The maximum absolute atomic E-state index is 7.90. The minimum absolute atomic E-state index is 0.499. The highest BCUT2D eigenvalue weighted by Crippen LogP contribution is 2.21. The fraction of sp³-hybridized carbons (Fsp3) is 1.00. The third-order valence-electron chi connectivity index (χ3n) is 0.937. The Labute approximate surface area is 70.4 Å². The lowest BCUT2D eigenvalue weighted by molar-refractivity contribution is 0.912. The van der Waals surface area contributed by atoms with Gasteiger partial charge in [-0.25, -0.2) is 0 Å². The van der Waals surface area contributed by atoms with Crippen molar-refractivity contribution in [3.63, 3.8) is 0 Å². The normalized spacial score (nSPS) is 10.7. The van der Waals surface area contributed by atoms with Gasteiger partial charge in [-0.1, -0.05) is 5.11 Å². The van der Waals surface area contributed by atoms with Crippen molar-refractivity contribution in [1.82, 2.24) is 0 Å². The predicted octanol–water partition coefficient (Wildman–Crippen LogP) is 3.24. The molecule has 3 nitrogen and oxygen atoms in total. The monoisotopic (exact) mass is 197 g/mol. The van der Waals surface area contributed by atoms with E-state index in [0.717, 1.165) is 12.5 Å². The van der Waals surface area contributed by atoms with Crippen LogP contribution in [-0.2, 0) is 0 Å². The van der Waals surface area contributed by atoms with Crippen LogP contribution < -0.4 is 0 Å². The Kier molecular flexibility index (Phi) is 4.90. The highest BCUT2D eigenvalue weighted by atomic mass is 35.7. The van der Waals surface area contributed by atoms with Gasteiger partial charge < -0.3 is 0 Å². The topological polar surface area (TPSA) is 48.8 Å². The minimum Gasteiger partial charge on any atom is -0.146 e. The van der Waals surface area contributed by atoms with E-state index in [1.54, 1.807) is 0 Å². The molecule has 0 aliphatic carbocycles. The Balaban J connectivity index is 3.28. The molecule has 0 saturated carbocycles. The van der Waals surface area contributed by atoms with E-state index < -0.39 is 6.69 Å². The summed E-state index contributed by atoms with van der Waals surface area (Å²) in [5.41, 5.74) is 7.90. The summed E-state index contributed by atoms with van der Waals surface area (Å²) in [4.78, 5) is 2.61. The van der Waals surface area contributed by atoms with Crippen molar-refractivity contribution >= 4 is 28.9 Å². The maximum Gasteiger partial charge on any atom is 0.248 e. The summed E-state index contributed by atoms with van der Waals surface area (Å²) in [5.74, 6) is 0. The van der Waals surface area contributed by atoms with E-state index in [0.29, 0.717) is 6.54 Å². The van der Waals surface area contributed by atoms with E-state index >= 15 is 0 Å². The van der Waals surface area contributed by atoms with E-state index in [-0.39, 0.29) is 0 Å². The molecule has 0 bridgehead atoms. The minimum atomic E-state index is -1.95. The van der Waals surface area contributed by atoms with Crippen LogP contribution in [0.2, 0.25) is 12.6 Å². The third-order valence-corrected chi connectivity index (χ3v) is 3.30. The number of nitrogens with zero attached hydrogens (tertiary/aromatic N) is 3. The lowest BCUT2D eigenvalue weighted by Gasteiger charge is -2.06. The summed E-state index contributed by atoms with van der Waals surface area (Å²) < 4.78 is 0. The number of rotatable bonds is 4. The molecule has 0 aromatic heterocycles. The first-order valence-electron chi connectivity index (χ1n) is 2.95. The van der Waals surface area contributed by atoms with Crippen LogP contribution in [0.5, 0.6) is 0 Å². The molecule has 0 amide bonds. The quantitative estimate of drug-likeness (QED) is 0.166. The van der Waals surface area contributed by atoms with Gasteiger partial charge >= 0.3 is 0 Å². The first-order valence-corrected chi connectivity index (χ1v) is 7.68. The van der Waals surface area contributed by atoms with Gasteiger partial charge in [0, 0.05) is 11.5 Å². The summed E-state index contributed by atoms with van der Waals surface area (Å²) in [7, 11) is 0. The van der Waals surface area contributed by atoms with Crippen molar-refractivity contribution in [1.29, 1.82) is 0 Å². The van der Waals surface area contributed by atoms with Crippen molar-refractivity contribution in [3.8, 4) is 0 Å². The van der Waals surface area contributed by atoms with Crippen LogP contribution in [0.15, 0.2) is 5.11 Å². The maximum atomic E-state index is 7.90. The Morgan fingerprint density at radius 2 is 2.20 bits per heavy atom. The Morgan fingerprint density at radius 3 is 2.60 bits per heavy atom. The van der Waals surface area contributed by atoms with E-state index in [1.165, 1.54) is 0 Å². The molecular weight excluding hydrogens is 189 g/mol. The van der Waals surface area contributed by atoms with Crippen LogP contribution in [0.3, 0.4) is 0 Å². The van der Waals surface area contributed by atoms with Crippen LogP contribution in [0.4, 0.5) is 0 Å². The summed E-state index contributed by atoms with van der Waals surface area (Å²) in [5, 5.41) is 3.36. The highest BCUT2D eigenvalue weighted by molar-refractivity contribution is 7.44. The van der Waals surface area contributed by atoms with Gasteiger partial charge in [-0.05, 0) is 24.5 Å². The average Bonchev–Trinajstić information content (AvgIpc) is 1.78. The zero-order valence-electron chi connectivity index (χ0n) is 5.72. The number of halogens is 2. The van der Waals surface area contributed by atoms with Gasteiger partial charge in [0.25, 0.3) is 0 Å². The first kappa shape index (κ1) is 10.1. The molecule has 0 aliphatic heterocycles. The lowest BCUT2D eigenvalue weighted by Crippen LogP contribution is -2.11. The van der Waals surface area contributed by atoms with E-state index in [9.17, 15) is 0 Å². The first-order chi connectivity index (χ1) is 4.56. The molecule has 0 aromatic rings. The Morgan fingerprint density at radius 1 is 1.60 bits per heavy atom. The van der Waals surface area contributed by atoms with E-state index in [4.69, 9.17) is 27.7 Å². The second-order valence-electron chi connectivity index (χ2n) is 2.13. The number of hydrogen-bond acceptors (Lipinski definition) is 1. The zero-order chi connectivity index (χ0) is 8.04. The smallest absolute Gasteiger partial charge is 0.146 e. The van der Waals surface area contributed by atoms with Crippen LogP contribution in [0, 0.1) is 0 Å². The number of hydrogen-bond donors (Lipinski definition) is 0. The molecule has 0 aromatic carbocycles. The standard InChI is InChI=1S/C4H9Cl2N3Si/c1-10(5,6)4-2-3-8-9-7/h2-4H2,1H3. The molecule has 0 spiro atoms. The van der Waals surface area contributed by atoms with Gasteiger partial charge in [-0.15, -0.1) is 22.2 Å². The molecule has 0 heterocycles. The van der Waals surface area contributed by atoms with Gasteiger partial charge in [-0.2, -0.15) is 0 Å². The van der Waals surface area contributed by atoms with Gasteiger partial charge in [0.1, 0.15) is 0 Å². The molecule has 0 unspecified atom stereocenters. The van der Waals surface area contributed by atoms with Gasteiger partial charge in [-0.3, -0.25) is 0 Å². The van der Waals surface area contributed by atoms with Crippen LogP contribution in [-0.4, -0.2) is 13.2 Å². The second-order valence-corrected chi connectivity index (χ2v) is 10.4. The Bertz CT molecular complexity index is 138. The third kappa shape index (κ3) is 8.11. The van der Waals surface area contributed by atoms with Crippen molar-refractivity contribution < 1.29 is 0 Å². The van der Waals surface area contributed by atoms with Gasteiger partial charge in [0.15, 0.2) is 0 Å². The lowest BCUT2D eigenvalue weighted by atomic mass is 10.5. The van der Waals surface area contributed by atoms with Crippen molar-refractivity contribution in [2.24, 2.45) is 5.11 Å². The predicted molar refractivity (Wildman–Crippen MR) is 46.8 cm³/mol. The van der Waals surface area contributed by atoms with E-state index in [2.05, 4.69) is 10.0 Å². The van der Waals surface area contributed by atoms with E-state index in [1.807, 2.05) is 6.55 Å².